The Morgan fingerprint density at radius 2 is 1.71 bits per heavy atom. The van der Waals surface area contributed by atoms with Gasteiger partial charge in [0.15, 0.2) is 5.69 Å². The summed E-state index contributed by atoms with van der Waals surface area (Å²) >= 11 is 0. The third kappa shape index (κ3) is 5.25. The van der Waals surface area contributed by atoms with Crippen LogP contribution in [0.4, 0.5) is 24.9 Å². The number of rotatable bonds is 6. The van der Waals surface area contributed by atoms with Crippen molar-refractivity contribution in [3.63, 3.8) is 0 Å². The Morgan fingerprint density at radius 1 is 1.04 bits per heavy atom. The van der Waals surface area contributed by atoms with Gasteiger partial charge < -0.3 is 14.5 Å². The van der Waals surface area contributed by atoms with Gasteiger partial charge in [-0.15, -0.1) is 0 Å². The number of aromatic nitrogens is 2. The molecule has 1 fully saturated rings. The molecule has 1 aromatic carbocycles. The van der Waals surface area contributed by atoms with Gasteiger partial charge in [0.05, 0.1) is 0 Å². The van der Waals surface area contributed by atoms with Crippen molar-refractivity contribution in [2.24, 2.45) is 0 Å². The lowest BCUT2D eigenvalue weighted by molar-refractivity contribution is -0.141. The van der Waals surface area contributed by atoms with E-state index in [2.05, 4.69) is 14.9 Å². The topological polar surface area (TPSA) is 44.7 Å². The van der Waals surface area contributed by atoms with E-state index in [1.54, 1.807) is 23.9 Å². The van der Waals surface area contributed by atoms with E-state index in [4.69, 9.17) is 4.74 Å². The van der Waals surface area contributed by atoms with Crippen LogP contribution in [-0.2, 0) is 6.18 Å². The molecule has 2 heterocycles. The second kappa shape index (κ2) is 8.64. The lowest BCUT2D eigenvalue weighted by Gasteiger charge is -2.35. The first-order valence-electron chi connectivity index (χ1n) is 9.11. The molecular weight excluding hydrogens is 371 g/mol. The Morgan fingerprint density at radius 3 is 2.32 bits per heavy atom. The third-order valence-corrected chi connectivity index (χ3v) is 4.52. The van der Waals surface area contributed by atoms with Gasteiger partial charge in [0, 0.05) is 52.9 Å². The van der Waals surface area contributed by atoms with Crippen molar-refractivity contribution in [1.82, 2.24) is 14.9 Å². The van der Waals surface area contributed by atoms with Gasteiger partial charge in [-0.25, -0.2) is 4.98 Å². The number of piperazine rings is 1. The summed E-state index contributed by atoms with van der Waals surface area (Å²) in [5.41, 5.74) is -0.917. The first-order chi connectivity index (χ1) is 13.3. The maximum atomic E-state index is 13.2. The van der Waals surface area contributed by atoms with Crippen molar-refractivity contribution in [1.29, 1.82) is 0 Å². The average molecular weight is 395 g/mol. The highest BCUT2D eigenvalue weighted by Crippen LogP contribution is 2.31. The minimum atomic E-state index is -4.50. The molecule has 0 aliphatic carbocycles. The molecule has 0 saturated carbocycles. The molecular formula is C19H24F3N5O. The predicted octanol–water partition coefficient (Wildman–Crippen LogP) is 2.76. The fourth-order valence-corrected chi connectivity index (χ4v) is 2.92. The number of para-hydroxylation sites is 1. The van der Waals surface area contributed by atoms with Gasteiger partial charge in [-0.2, -0.15) is 18.2 Å². The Bertz CT molecular complexity index is 762. The Balaban J connectivity index is 1.57. The number of hydrogen-bond donors (Lipinski definition) is 0. The van der Waals surface area contributed by atoms with E-state index < -0.39 is 11.9 Å². The summed E-state index contributed by atoms with van der Waals surface area (Å²) in [5.74, 6) is 1.20. The molecule has 0 bridgehead atoms. The molecule has 3 rings (SSSR count). The van der Waals surface area contributed by atoms with Crippen LogP contribution in [0.15, 0.2) is 36.4 Å². The highest BCUT2D eigenvalue weighted by atomic mass is 19.4. The molecule has 0 unspecified atom stereocenters. The number of benzene rings is 1. The molecule has 1 aliphatic heterocycles. The smallest absolute Gasteiger partial charge is 0.433 e. The third-order valence-electron chi connectivity index (χ3n) is 4.52. The van der Waals surface area contributed by atoms with Gasteiger partial charge in [0.2, 0.25) is 5.95 Å². The first kappa shape index (κ1) is 20.2. The van der Waals surface area contributed by atoms with Crippen molar-refractivity contribution in [3.05, 3.63) is 42.1 Å². The van der Waals surface area contributed by atoms with Crippen molar-refractivity contribution in [3.8, 4) is 5.75 Å². The Kier molecular flexibility index (Phi) is 6.23. The fraction of sp³-hybridized carbons (Fsp3) is 0.474. The van der Waals surface area contributed by atoms with Gasteiger partial charge in [-0.3, -0.25) is 4.90 Å². The lowest BCUT2D eigenvalue weighted by Crippen LogP contribution is -2.48. The zero-order valence-corrected chi connectivity index (χ0v) is 16.0. The molecule has 0 spiro atoms. The molecule has 6 nitrogen and oxygen atoms in total. The predicted molar refractivity (Wildman–Crippen MR) is 102 cm³/mol. The van der Waals surface area contributed by atoms with E-state index in [1.807, 2.05) is 30.3 Å². The highest BCUT2D eigenvalue weighted by Gasteiger charge is 2.34. The fourth-order valence-electron chi connectivity index (χ4n) is 2.92. The molecule has 1 aliphatic rings. The zero-order chi connectivity index (χ0) is 20.1. The van der Waals surface area contributed by atoms with Crippen molar-refractivity contribution >= 4 is 11.8 Å². The van der Waals surface area contributed by atoms with E-state index in [0.29, 0.717) is 19.7 Å². The molecule has 152 valence electrons. The summed E-state index contributed by atoms with van der Waals surface area (Å²) in [4.78, 5) is 13.6. The molecule has 1 aromatic heterocycles. The minimum absolute atomic E-state index is 0.124. The van der Waals surface area contributed by atoms with Crippen molar-refractivity contribution < 1.29 is 17.9 Å². The van der Waals surface area contributed by atoms with Gasteiger partial charge in [0.1, 0.15) is 18.2 Å². The van der Waals surface area contributed by atoms with Crippen LogP contribution in [0.25, 0.3) is 0 Å². The lowest BCUT2D eigenvalue weighted by atomic mass is 10.3. The number of alkyl halides is 3. The number of halogens is 3. The van der Waals surface area contributed by atoms with Crippen LogP contribution < -0.4 is 14.5 Å². The second-order valence-corrected chi connectivity index (χ2v) is 6.79. The Labute approximate surface area is 162 Å². The molecule has 0 N–H and O–H groups in total. The van der Waals surface area contributed by atoms with E-state index in [-0.39, 0.29) is 11.8 Å². The van der Waals surface area contributed by atoms with Crippen molar-refractivity contribution in [2.45, 2.75) is 6.18 Å². The summed E-state index contributed by atoms with van der Waals surface area (Å²) < 4.78 is 45.2. The van der Waals surface area contributed by atoms with Gasteiger partial charge in [-0.05, 0) is 12.1 Å². The second-order valence-electron chi connectivity index (χ2n) is 6.79. The zero-order valence-electron chi connectivity index (χ0n) is 16.0. The van der Waals surface area contributed by atoms with Crippen LogP contribution in [-0.4, -0.2) is 68.3 Å². The molecule has 2 aromatic rings. The van der Waals surface area contributed by atoms with Crippen LogP contribution >= 0.6 is 0 Å². The van der Waals surface area contributed by atoms with Crippen LogP contribution in [0.3, 0.4) is 0 Å². The van der Waals surface area contributed by atoms with E-state index >= 15 is 0 Å². The highest BCUT2D eigenvalue weighted by molar-refractivity contribution is 5.45. The van der Waals surface area contributed by atoms with Crippen LogP contribution in [0.2, 0.25) is 0 Å². The quantitative estimate of drug-likeness (QED) is 0.750. The van der Waals surface area contributed by atoms with Crippen LogP contribution in [0, 0.1) is 0 Å². The van der Waals surface area contributed by atoms with E-state index in [1.165, 1.54) is 0 Å². The summed E-state index contributed by atoms with van der Waals surface area (Å²) in [6.07, 6.45) is -4.50. The van der Waals surface area contributed by atoms with Gasteiger partial charge >= 0.3 is 6.18 Å². The number of ether oxygens (including phenoxy) is 1. The summed E-state index contributed by atoms with van der Waals surface area (Å²) in [6.45, 7) is 3.90. The van der Waals surface area contributed by atoms with E-state index in [0.717, 1.165) is 31.5 Å². The standard InChI is InChI=1S/C19H24F3N5O/c1-25(2)17-14-16(19(20,21)22)23-18(24-17)27-10-8-26(9-11-27)12-13-28-15-6-4-3-5-7-15/h3-7,14H,8-13H2,1-2H3. The normalized spacial score (nSPS) is 15.5. The van der Waals surface area contributed by atoms with Crippen LogP contribution in [0.1, 0.15) is 5.69 Å². The van der Waals surface area contributed by atoms with Gasteiger partial charge in [-0.1, -0.05) is 18.2 Å². The van der Waals surface area contributed by atoms with Crippen LogP contribution in [0.5, 0.6) is 5.75 Å². The summed E-state index contributed by atoms with van der Waals surface area (Å²) in [6, 6.07) is 10.6. The maximum Gasteiger partial charge on any atom is 0.433 e. The largest absolute Gasteiger partial charge is 0.492 e. The van der Waals surface area contributed by atoms with Gasteiger partial charge in [0.25, 0.3) is 0 Å². The number of anilines is 2. The SMILES string of the molecule is CN(C)c1cc(C(F)(F)F)nc(N2CCN(CCOc3ccccc3)CC2)n1. The van der Waals surface area contributed by atoms with Crippen molar-refractivity contribution in [2.75, 3.05) is 63.2 Å². The van der Waals surface area contributed by atoms with E-state index in [9.17, 15) is 13.2 Å². The number of nitrogens with zero attached hydrogens (tertiary/aromatic N) is 5. The minimum Gasteiger partial charge on any atom is -0.492 e. The summed E-state index contributed by atoms with van der Waals surface area (Å²) in [7, 11) is 3.33. The molecule has 28 heavy (non-hydrogen) atoms. The molecule has 0 amide bonds. The monoisotopic (exact) mass is 395 g/mol. The summed E-state index contributed by atoms with van der Waals surface area (Å²) in [5, 5.41) is 0. The molecule has 9 heteroatoms. The maximum absolute atomic E-state index is 13.2. The average Bonchev–Trinajstić information content (AvgIpc) is 2.68. The Hall–Kier alpha value is -2.55. The molecule has 0 radical (unpaired) electrons. The molecule has 0 atom stereocenters. The first-order valence-corrected chi connectivity index (χ1v) is 9.11. The number of hydrogen-bond acceptors (Lipinski definition) is 6. The molecule has 1 saturated heterocycles.